The Hall–Kier alpha value is -2.58. The average molecular weight is 437 g/mol. The van der Waals surface area contributed by atoms with Gasteiger partial charge in [0.05, 0.1) is 23.2 Å². The molecule has 1 aliphatic carbocycles. The second-order valence-corrected chi connectivity index (χ2v) is 10.4. The molecule has 0 bridgehead atoms. The molecule has 5 rings (SSSR count). The molecule has 0 saturated heterocycles. The first kappa shape index (κ1) is 19.4. The zero-order chi connectivity index (χ0) is 20.6. The second kappa shape index (κ2) is 7.92. The van der Waals surface area contributed by atoms with E-state index in [9.17, 15) is 9.59 Å². The van der Waals surface area contributed by atoms with Crippen LogP contribution in [0.5, 0.6) is 0 Å². The first-order chi connectivity index (χ1) is 14.7. The van der Waals surface area contributed by atoms with Gasteiger partial charge in [-0.3, -0.25) is 9.59 Å². The van der Waals surface area contributed by atoms with Crippen LogP contribution in [0, 0.1) is 0 Å². The summed E-state index contributed by atoms with van der Waals surface area (Å²) in [5.74, 6) is 0. The quantitative estimate of drug-likeness (QED) is 0.440. The van der Waals surface area contributed by atoms with Gasteiger partial charge in [0.1, 0.15) is 4.08 Å². The number of nitrogens with zero attached hydrogens (tertiary/aromatic N) is 4. The Bertz CT molecular complexity index is 1250. The smallest absolute Gasteiger partial charge is 0.266 e. The molecule has 0 amide bonds. The molecule has 2 heterocycles. The topological polar surface area (TPSA) is 69.8 Å². The van der Waals surface area contributed by atoms with Crippen molar-refractivity contribution in [2.75, 3.05) is 0 Å². The summed E-state index contributed by atoms with van der Waals surface area (Å²) in [7, 11) is 0. The predicted octanol–water partition coefficient (Wildman–Crippen LogP) is 4.46. The fraction of sp³-hybridized carbons (Fsp3) is 0.273. The molecule has 152 valence electrons. The van der Waals surface area contributed by atoms with Crippen LogP contribution in [0.15, 0.2) is 70.5 Å². The van der Waals surface area contributed by atoms with Crippen LogP contribution in [0.4, 0.5) is 0 Å². The van der Waals surface area contributed by atoms with E-state index in [1.165, 1.54) is 32.1 Å². The van der Waals surface area contributed by atoms with Gasteiger partial charge >= 0.3 is 0 Å². The molecule has 1 aliphatic rings. The van der Waals surface area contributed by atoms with Gasteiger partial charge in [0, 0.05) is 10.8 Å². The molecule has 2 aromatic carbocycles. The maximum Gasteiger partial charge on any atom is 0.285 e. The third-order valence-electron chi connectivity index (χ3n) is 5.45. The molecule has 0 N–H and O–H groups in total. The Balaban J connectivity index is 1.55. The maximum atomic E-state index is 13.0. The summed E-state index contributed by atoms with van der Waals surface area (Å²) >= 11 is 2.84. The van der Waals surface area contributed by atoms with E-state index in [2.05, 4.69) is 10.2 Å². The molecule has 1 fully saturated rings. The van der Waals surface area contributed by atoms with Crippen molar-refractivity contribution in [3.05, 3.63) is 81.6 Å². The van der Waals surface area contributed by atoms with Crippen LogP contribution < -0.4 is 11.1 Å². The van der Waals surface area contributed by atoms with Gasteiger partial charge in [0.25, 0.3) is 11.1 Å². The van der Waals surface area contributed by atoms with E-state index in [4.69, 9.17) is 0 Å². The lowest BCUT2D eigenvalue weighted by Gasteiger charge is -2.34. The minimum atomic E-state index is -0.378. The van der Waals surface area contributed by atoms with Crippen molar-refractivity contribution in [3.63, 3.8) is 0 Å². The molecule has 0 aliphatic heterocycles. The van der Waals surface area contributed by atoms with Gasteiger partial charge in [-0.05, 0) is 48.9 Å². The minimum absolute atomic E-state index is 0.123. The summed E-state index contributed by atoms with van der Waals surface area (Å²) in [5.41, 5.74) is -0.245. The minimum Gasteiger partial charge on any atom is -0.266 e. The number of rotatable bonds is 4. The Morgan fingerprint density at radius 3 is 1.67 bits per heavy atom. The molecular formula is C22H20N4O2S2. The van der Waals surface area contributed by atoms with Crippen molar-refractivity contribution in [2.24, 2.45) is 0 Å². The first-order valence-electron chi connectivity index (χ1n) is 9.98. The van der Waals surface area contributed by atoms with E-state index in [0.29, 0.717) is 10.8 Å². The Morgan fingerprint density at radius 2 is 1.17 bits per heavy atom. The SMILES string of the molecule is O=c1c2ccccc2cnn1SC1(Sn2ncc3ccccc3c2=O)CCCCC1. The van der Waals surface area contributed by atoms with Gasteiger partial charge in [0.15, 0.2) is 0 Å². The second-order valence-electron chi connectivity index (χ2n) is 7.47. The monoisotopic (exact) mass is 436 g/mol. The normalized spacial score (nSPS) is 16.1. The van der Waals surface area contributed by atoms with Crippen molar-refractivity contribution >= 4 is 45.4 Å². The van der Waals surface area contributed by atoms with Crippen LogP contribution in [0.25, 0.3) is 21.5 Å². The Morgan fingerprint density at radius 1 is 0.700 bits per heavy atom. The molecule has 0 atom stereocenters. The highest BCUT2D eigenvalue weighted by Crippen LogP contribution is 2.48. The summed E-state index contributed by atoms with van der Waals surface area (Å²) in [6.45, 7) is 0. The molecule has 2 aromatic heterocycles. The van der Waals surface area contributed by atoms with Crippen LogP contribution in [-0.2, 0) is 0 Å². The molecule has 30 heavy (non-hydrogen) atoms. The van der Waals surface area contributed by atoms with Crippen molar-refractivity contribution in [1.29, 1.82) is 0 Å². The molecular weight excluding hydrogens is 416 g/mol. The van der Waals surface area contributed by atoms with Gasteiger partial charge in [-0.2, -0.15) is 18.4 Å². The van der Waals surface area contributed by atoms with E-state index >= 15 is 0 Å². The summed E-state index contributed by atoms with van der Waals surface area (Å²) in [6.07, 6.45) is 8.46. The third kappa shape index (κ3) is 3.54. The van der Waals surface area contributed by atoms with Crippen LogP contribution in [0.3, 0.4) is 0 Å². The summed E-state index contributed by atoms with van der Waals surface area (Å²) in [6, 6.07) is 15.0. The standard InChI is InChI=1S/C22H20N4O2S2/c27-20-18-10-4-2-8-16(18)14-23-25(20)29-22(12-6-1-7-13-22)30-26-21(28)19-11-5-3-9-17(19)15-24-26/h2-5,8-11,14-15H,1,6-7,12-13H2. The number of fused-ring (bicyclic) bond motifs is 2. The largest absolute Gasteiger partial charge is 0.285 e. The number of benzene rings is 2. The average Bonchev–Trinajstić information content (AvgIpc) is 2.79. The van der Waals surface area contributed by atoms with Gasteiger partial charge < -0.3 is 0 Å². The molecule has 8 heteroatoms. The first-order valence-corrected chi connectivity index (χ1v) is 11.5. The molecule has 1 saturated carbocycles. The fourth-order valence-electron chi connectivity index (χ4n) is 3.88. The number of aromatic nitrogens is 4. The van der Waals surface area contributed by atoms with Gasteiger partial charge in [-0.1, -0.05) is 55.7 Å². The zero-order valence-electron chi connectivity index (χ0n) is 16.2. The van der Waals surface area contributed by atoms with Crippen LogP contribution >= 0.6 is 23.9 Å². The zero-order valence-corrected chi connectivity index (χ0v) is 17.9. The fourth-order valence-corrected chi connectivity index (χ4v) is 6.56. The molecule has 6 nitrogen and oxygen atoms in total. The van der Waals surface area contributed by atoms with E-state index in [0.717, 1.165) is 42.9 Å². The molecule has 4 aromatic rings. The lowest BCUT2D eigenvalue weighted by Crippen LogP contribution is -2.33. The lowest BCUT2D eigenvalue weighted by molar-refractivity contribution is 0.486. The van der Waals surface area contributed by atoms with E-state index in [1.807, 2.05) is 48.5 Å². The van der Waals surface area contributed by atoms with Crippen LogP contribution in [0.1, 0.15) is 32.1 Å². The van der Waals surface area contributed by atoms with E-state index < -0.39 is 0 Å². The van der Waals surface area contributed by atoms with Gasteiger partial charge in [-0.25, -0.2) is 0 Å². The highest BCUT2D eigenvalue weighted by atomic mass is 32.2. The highest BCUT2D eigenvalue weighted by Gasteiger charge is 2.37. The number of hydrogen-bond donors (Lipinski definition) is 0. The van der Waals surface area contributed by atoms with Crippen molar-refractivity contribution in [2.45, 2.75) is 36.2 Å². The van der Waals surface area contributed by atoms with Gasteiger partial charge in [-0.15, -0.1) is 0 Å². The Kier molecular flexibility index (Phi) is 5.12. The van der Waals surface area contributed by atoms with E-state index in [1.54, 1.807) is 12.4 Å². The lowest BCUT2D eigenvalue weighted by atomic mass is 10.00. The van der Waals surface area contributed by atoms with Crippen molar-refractivity contribution in [3.8, 4) is 0 Å². The van der Waals surface area contributed by atoms with E-state index in [-0.39, 0.29) is 15.2 Å². The molecule has 0 unspecified atom stereocenters. The summed E-state index contributed by atoms with van der Waals surface area (Å²) in [4.78, 5) is 26.0. The molecule has 0 spiro atoms. The summed E-state index contributed by atoms with van der Waals surface area (Å²) < 4.78 is 2.58. The predicted molar refractivity (Wildman–Crippen MR) is 124 cm³/mol. The van der Waals surface area contributed by atoms with Crippen molar-refractivity contribution in [1.82, 2.24) is 18.4 Å². The number of hydrogen-bond acceptors (Lipinski definition) is 6. The summed E-state index contributed by atoms with van der Waals surface area (Å²) in [5, 5.41) is 11.8. The van der Waals surface area contributed by atoms with Crippen molar-refractivity contribution < 1.29 is 0 Å². The van der Waals surface area contributed by atoms with Gasteiger partial charge in [0.2, 0.25) is 0 Å². The van der Waals surface area contributed by atoms with Crippen LogP contribution in [0.2, 0.25) is 0 Å². The maximum absolute atomic E-state index is 13.0. The third-order valence-corrected chi connectivity index (χ3v) is 8.25. The van der Waals surface area contributed by atoms with Crippen LogP contribution in [-0.4, -0.2) is 22.5 Å². The molecule has 0 radical (unpaired) electrons. The Labute approximate surface area is 181 Å². The highest BCUT2D eigenvalue weighted by molar-refractivity contribution is 8.16.